The molecular weight excluding hydrogens is 464 g/mol. The number of benzene rings is 2. The van der Waals surface area contributed by atoms with Gasteiger partial charge in [0.05, 0.1) is 29.1 Å². The van der Waals surface area contributed by atoms with Gasteiger partial charge in [0.15, 0.2) is 6.10 Å². The number of ether oxygens (including phenoxy) is 1. The van der Waals surface area contributed by atoms with Crippen molar-refractivity contribution in [1.29, 1.82) is 0 Å². The maximum atomic E-state index is 13.0. The summed E-state index contributed by atoms with van der Waals surface area (Å²) in [5.41, 5.74) is 3.15. The molecule has 0 saturated heterocycles. The third-order valence-electron chi connectivity index (χ3n) is 6.39. The van der Waals surface area contributed by atoms with Crippen LogP contribution < -0.4 is 15.0 Å². The lowest BCUT2D eigenvalue weighted by Crippen LogP contribution is -2.44. The highest BCUT2D eigenvalue weighted by molar-refractivity contribution is 6.21. The van der Waals surface area contributed by atoms with Crippen LogP contribution in [-0.4, -0.2) is 46.3 Å². The van der Waals surface area contributed by atoms with Gasteiger partial charge in [-0.3, -0.25) is 24.1 Å². The molecule has 0 fully saturated rings. The molecule has 2 aliphatic rings. The van der Waals surface area contributed by atoms with Gasteiger partial charge in [-0.15, -0.1) is 0 Å². The van der Waals surface area contributed by atoms with E-state index in [4.69, 9.17) is 9.26 Å². The molecule has 1 atom stereocenters. The van der Waals surface area contributed by atoms with Crippen LogP contribution in [0.5, 0.6) is 5.75 Å². The minimum atomic E-state index is -0.668. The molecule has 0 radical (unpaired) electrons. The van der Waals surface area contributed by atoms with Gasteiger partial charge in [-0.2, -0.15) is 0 Å². The third-order valence-corrected chi connectivity index (χ3v) is 6.39. The molecular formula is C26H24N4O6. The zero-order valence-electron chi connectivity index (χ0n) is 20.0. The van der Waals surface area contributed by atoms with E-state index in [9.17, 15) is 19.2 Å². The molecule has 4 amide bonds. The SMILES string of the molecule is Cc1noc(C)c1CN1C(=O)C(C)Oc2ccc(NC(=O)CCN3C(=O)c4ccccc4C3=O)cc21. The summed E-state index contributed by atoms with van der Waals surface area (Å²) >= 11 is 0. The Kier molecular flexibility index (Phi) is 5.79. The minimum absolute atomic E-state index is 0.0413. The molecule has 0 aliphatic carbocycles. The van der Waals surface area contributed by atoms with Gasteiger partial charge in [-0.1, -0.05) is 17.3 Å². The van der Waals surface area contributed by atoms with Crippen molar-refractivity contribution < 1.29 is 28.4 Å². The smallest absolute Gasteiger partial charge is 0.268 e. The number of carbonyl (C=O) groups excluding carboxylic acids is 4. The van der Waals surface area contributed by atoms with Crippen molar-refractivity contribution in [3.63, 3.8) is 0 Å². The van der Waals surface area contributed by atoms with E-state index in [1.807, 2.05) is 6.92 Å². The Morgan fingerprint density at radius 1 is 1.03 bits per heavy atom. The summed E-state index contributed by atoms with van der Waals surface area (Å²) in [4.78, 5) is 53.4. The highest BCUT2D eigenvalue weighted by Gasteiger charge is 2.35. The van der Waals surface area contributed by atoms with E-state index >= 15 is 0 Å². The summed E-state index contributed by atoms with van der Waals surface area (Å²) in [6.45, 7) is 5.49. The highest BCUT2D eigenvalue weighted by Crippen LogP contribution is 2.38. The van der Waals surface area contributed by atoms with Crippen molar-refractivity contribution in [3.8, 4) is 5.75 Å². The number of fused-ring (bicyclic) bond motifs is 2. The fourth-order valence-corrected chi connectivity index (χ4v) is 4.41. The number of nitrogens with zero attached hydrogens (tertiary/aromatic N) is 3. The maximum Gasteiger partial charge on any atom is 0.268 e. The lowest BCUT2D eigenvalue weighted by atomic mass is 10.1. The zero-order chi connectivity index (χ0) is 25.6. The van der Waals surface area contributed by atoms with Crippen LogP contribution >= 0.6 is 0 Å². The van der Waals surface area contributed by atoms with Crippen LogP contribution in [0.15, 0.2) is 47.0 Å². The fourth-order valence-electron chi connectivity index (χ4n) is 4.41. The van der Waals surface area contributed by atoms with Crippen molar-refractivity contribution in [3.05, 3.63) is 70.6 Å². The van der Waals surface area contributed by atoms with Crippen LogP contribution in [0.4, 0.5) is 11.4 Å². The largest absolute Gasteiger partial charge is 0.479 e. The molecule has 10 nitrogen and oxygen atoms in total. The molecule has 0 spiro atoms. The fraction of sp³-hybridized carbons (Fsp3) is 0.269. The standard InChI is InChI=1S/C26H24N4O6/c1-14-20(15(2)36-28-14)13-30-21-12-17(8-9-22(21)35-16(3)24(30)32)27-23(31)10-11-29-25(33)18-6-4-5-7-19(18)26(29)34/h4-9,12,16H,10-11,13H2,1-3H3,(H,27,31). The van der Waals surface area contributed by atoms with Crippen molar-refractivity contribution >= 4 is 35.0 Å². The average Bonchev–Trinajstić information content (AvgIpc) is 3.31. The van der Waals surface area contributed by atoms with E-state index in [-0.39, 0.29) is 31.3 Å². The predicted octanol–water partition coefficient (Wildman–Crippen LogP) is 3.23. The maximum absolute atomic E-state index is 13.0. The van der Waals surface area contributed by atoms with E-state index in [1.54, 1.807) is 61.2 Å². The quantitative estimate of drug-likeness (QED) is 0.529. The Morgan fingerprint density at radius 3 is 2.36 bits per heavy atom. The number of carbonyl (C=O) groups is 4. The number of amides is 4. The van der Waals surface area contributed by atoms with Crippen molar-refractivity contribution in [2.75, 3.05) is 16.8 Å². The Morgan fingerprint density at radius 2 is 1.72 bits per heavy atom. The van der Waals surface area contributed by atoms with Crippen molar-refractivity contribution in [2.24, 2.45) is 0 Å². The van der Waals surface area contributed by atoms with E-state index in [0.29, 0.717) is 39.7 Å². The zero-order valence-corrected chi connectivity index (χ0v) is 20.0. The first kappa shape index (κ1) is 23.3. The first-order valence-electron chi connectivity index (χ1n) is 11.5. The molecule has 0 bridgehead atoms. The van der Waals surface area contributed by atoms with Crippen LogP contribution in [0, 0.1) is 13.8 Å². The van der Waals surface area contributed by atoms with Gasteiger partial charge in [0, 0.05) is 24.2 Å². The number of hydrogen-bond acceptors (Lipinski definition) is 7. The number of imide groups is 1. The van der Waals surface area contributed by atoms with Gasteiger partial charge in [0.1, 0.15) is 11.5 Å². The molecule has 36 heavy (non-hydrogen) atoms. The lowest BCUT2D eigenvalue weighted by Gasteiger charge is -2.33. The van der Waals surface area contributed by atoms with E-state index < -0.39 is 17.9 Å². The number of aryl methyl sites for hydroxylation is 2. The molecule has 1 N–H and O–H groups in total. The second-order valence-electron chi connectivity index (χ2n) is 8.78. The average molecular weight is 489 g/mol. The van der Waals surface area contributed by atoms with Crippen LogP contribution in [0.3, 0.4) is 0 Å². The van der Waals surface area contributed by atoms with Crippen LogP contribution in [0.2, 0.25) is 0 Å². The molecule has 2 aromatic carbocycles. The molecule has 0 saturated carbocycles. The number of rotatable bonds is 6. The summed E-state index contributed by atoms with van der Waals surface area (Å²) in [6, 6.07) is 11.6. The second kappa shape index (κ2) is 8.95. The van der Waals surface area contributed by atoms with E-state index in [1.165, 1.54) is 0 Å². The Balaban J connectivity index is 1.30. The molecule has 3 aromatic rings. The number of aromatic nitrogens is 1. The van der Waals surface area contributed by atoms with Gasteiger partial charge in [-0.25, -0.2) is 0 Å². The minimum Gasteiger partial charge on any atom is -0.479 e. The molecule has 2 aliphatic heterocycles. The molecule has 5 rings (SSSR count). The first-order valence-corrected chi connectivity index (χ1v) is 11.5. The topological polar surface area (TPSA) is 122 Å². The number of nitrogens with one attached hydrogen (secondary N) is 1. The Bertz CT molecular complexity index is 1360. The van der Waals surface area contributed by atoms with Crippen molar-refractivity contribution in [1.82, 2.24) is 10.1 Å². The molecule has 1 unspecified atom stereocenters. The third kappa shape index (κ3) is 4.00. The van der Waals surface area contributed by atoms with Crippen LogP contribution in [0.25, 0.3) is 0 Å². The number of hydrogen-bond donors (Lipinski definition) is 1. The molecule has 3 heterocycles. The summed E-state index contributed by atoms with van der Waals surface area (Å²) in [5.74, 6) is -0.276. The molecule has 1 aromatic heterocycles. The van der Waals surface area contributed by atoms with E-state index in [0.717, 1.165) is 10.5 Å². The molecule has 10 heteroatoms. The monoisotopic (exact) mass is 488 g/mol. The molecule has 184 valence electrons. The van der Waals surface area contributed by atoms with Gasteiger partial charge < -0.3 is 19.5 Å². The van der Waals surface area contributed by atoms with Gasteiger partial charge in [-0.05, 0) is 51.1 Å². The number of anilines is 2. The lowest BCUT2D eigenvalue weighted by molar-refractivity contribution is -0.125. The second-order valence-corrected chi connectivity index (χ2v) is 8.78. The first-order chi connectivity index (χ1) is 17.2. The van der Waals surface area contributed by atoms with Gasteiger partial charge >= 0.3 is 0 Å². The van der Waals surface area contributed by atoms with Gasteiger partial charge in [0.25, 0.3) is 17.7 Å². The summed E-state index contributed by atoms with van der Waals surface area (Å²) in [7, 11) is 0. The Hall–Kier alpha value is -4.47. The summed E-state index contributed by atoms with van der Waals surface area (Å²) < 4.78 is 11.0. The van der Waals surface area contributed by atoms with Crippen LogP contribution in [-0.2, 0) is 16.1 Å². The predicted molar refractivity (Wildman–Crippen MR) is 129 cm³/mol. The van der Waals surface area contributed by atoms with Gasteiger partial charge in [0.2, 0.25) is 5.91 Å². The highest BCUT2D eigenvalue weighted by atomic mass is 16.5. The van der Waals surface area contributed by atoms with Crippen molar-refractivity contribution in [2.45, 2.75) is 39.8 Å². The van der Waals surface area contributed by atoms with Crippen LogP contribution in [0.1, 0.15) is 51.1 Å². The van der Waals surface area contributed by atoms with E-state index in [2.05, 4.69) is 10.5 Å². The normalized spacial score (nSPS) is 16.6. The Labute approximate surface area is 206 Å². The summed E-state index contributed by atoms with van der Waals surface area (Å²) in [6.07, 6.45) is -0.740. The summed E-state index contributed by atoms with van der Waals surface area (Å²) in [5, 5.41) is 6.74.